The molecule has 6 aromatic rings. The first-order chi connectivity index (χ1) is 23.3. The molecule has 0 radical (unpaired) electrons. The maximum atomic E-state index is 13.8. The van der Waals surface area contributed by atoms with Gasteiger partial charge in [0.1, 0.15) is 28.6 Å². The highest BCUT2D eigenvalue weighted by molar-refractivity contribution is 5.94. The molecular formula is C34H37N9O5. The van der Waals surface area contributed by atoms with Crippen molar-refractivity contribution in [3.8, 4) is 40.3 Å². The minimum absolute atomic E-state index is 0.0330. The second-order valence-corrected chi connectivity index (χ2v) is 11.2. The van der Waals surface area contributed by atoms with Gasteiger partial charge in [-0.05, 0) is 56.2 Å². The van der Waals surface area contributed by atoms with Gasteiger partial charge in [-0.3, -0.25) is 23.4 Å². The van der Waals surface area contributed by atoms with Crippen LogP contribution in [-0.4, -0.2) is 77.9 Å². The smallest absolute Gasteiger partial charge is 0.287 e. The Bertz CT molecular complexity index is 2060. The third-order valence-corrected chi connectivity index (χ3v) is 7.91. The van der Waals surface area contributed by atoms with E-state index in [2.05, 4.69) is 25.6 Å². The maximum Gasteiger partial charge on any atom is 0.287 e. The first-order valence-corrected chi connectivity index (χ1v) is 15.4. The number of fused-ring (bicyclic) bond motifs is 1. The lowest BCUT2D eigenvalue weighted by Gasteiger charge is -2.12. The highest BCUT2D eigenvalue weighted by Gasteiger charge is 2.26. The second-order valence-electron chi connectivity index (χ2n) is 11.2. The van der Waals surface area contributed by atoms with Crippen molar-refractivity contribution in [2.75, 3.05) is 27.9 Å². The number of aliphatic hydroxyl groups is 1. The Morgan fingerprint density at radius 1 is 0.917 bits per heavy atom. The number of rotatable bonds is 13. The van der Waals surface area contributed by atoms with E-state index >= 15 is 0 Å². The topological polar surface area (TPSA) is 156 Å². The summed E-state index contributed by atoms with van der Waals surface area (Å²) in [5.41, 5.74) is 5.05. The highest BCUT2D eigenvalue weighted by Crippen LogP contribution is 2.30. The summed E-state index contributed by atoms with van der Waals surface area (Å²) in [6.07, 6.45) is 3.99. The van der Waals surface area contributed by atoms with Gasteiger partial charge in [0.15, 0.2) is 11.6 Å². The number of ether oxygens (including phenoxy) is 3. The zero-order chi connectivity index (χ0) is 33.8. The Morgan fingerprint density at radius 2 is 1.67 bits per heavy atom. The van der Waals surface area contributed by atoms with Crippen LogP contribution < -0.4 is 19.5 Å². The predicted octanol–water partition coefficient (Wildman–Crippen LogP) is 3.85. The lowest BCUT2D eigenvalue weighted by Crippen LogP contribution is -2.25. The molecule has 4 aromatic heterocycles. The molecule has 0 saturated carbocycles. The molecule has 0 fully saturated rings. The van der Waals surface area contributed by atoms with E-state index in [9.17, 15) is 9.90 Å². The summed E-state index contributed by atoms with van der Waals surface area (Å²) in [4.78, 5) is 23.1. The SMILES string of the molecule is COc1ccc(Cn2c(-c3nc(C(=O)NCc4ccc(OC)cc4OC)n4cc(C)ncc34)nnc2-c2cc(C)nn2CCCO)cc1. The van der Waals surface area contributed by atoms with Gasteiger partial charge in [-0.1, -0.05) is 12.1 Å². The van der Waals surface area contributed by atoms with Crippen LogP contribution in [0.5, 0.6) is 17.2 Å². The third-order valence-electron chi connectivity index (χ3n) is 7.91. The molecule has 0 aliphatic rings. The van der Waals surface area contributed by atoms with E-state index in [-0.39, 0.29) is 24.9 Å². The molecule has 1 amide bonds. The Morgan fingerprint density at radius 3 is 2.40 bits per heavy atom. The summed E-state index contributed by atoms with van der Waals surface area (Å²) in [6.45, 7) is 4.89. The molecule has 0 unspecified atom stereocenters. The quantitative estimate of drug-likeness (QED) is 0.188. The van der Waals surface area contributed by atoms with Gasteiger partial charge in [0.25, 0.3) is 5.91 Å². The van der Waals surface area contributed by atoms with Gasteiger partial charge < -0.3 is 24.6 Å². The summed E-state index contributed by atoms with van der Waals surface area (Å²) >= 11 is 0. The van der Waals surface area contributed by atoms with Crippen molar-refractivity contribution in [3.63, 3.8) is 0 Å². The van der Waals surface area contributed by atoms with Crippen molar-refractivity contribution < 1.29 is 24.1 Å². The maximum absolute atomic E-state index is 13.8. The van der Waals surface area contributed by atoms with Gasteiger partial charge in [-0.2, -0.15) is 5.10 Å². The lowest BCUT2D eigenvalue weighted by atomic mass is 10.2. The Hall–Kier alpha value is -5.76. The van der Waals surface area contributed by atoms with Crippen molar-refractivity contribution in [1.29, 1.82) is 0 Å². The van der Waals surface area contributed by atoms with E-state index in [1.54, 1.807) is 44.2 Å². The highest BCUT2D eigenvalue weighted by atomic mass is 16.5. The normalized spacial score (nSPS) is 11.2. The zero-order valence-corrected chi connectivity index (χ0v) is 27.5. The molecule has 14 nitrogen and oxygen atoms in total. The molecule has 4 heterocycles. The average Bonchev–Trinajstić information content (AvgIpc) is 3.80. The van der Waals surface area contributed by atoms with Gasteiger partial charge in [-0.25, -0.2) is 4.98 Å². The van der Waals surface area contributed by atoms with Crippen LogP contribution in [0.15, 0.2) is 60.9 Å². The van der Waals surface area contributed by atoms with Crippen molar-refractivity contribution >= 4 is 11.4 Å². The van der Waals surface area contributed by atoms with Crippen LogP contribution in [0.4, 0.5) is 0 Å². The van der Waals surface area contributed by atoms with Crippen LogP contribution in [0.25, 0.3) is 28.6 Å². The van der Waals surface area contributed by atoms with E-state index in [4.69, 9.17) is 19.2 Å². The van der Waals surface area contributed by atoms with Gasteiger partial charge in [-0.15, -0.1) is 10.2 Å². The van der Waals surface area contributed by atoms with Gasteiger partial charge in [0.2, 0.25) is 5.82 Å². The van der Waals surface area contributed by atoms with Crippen LogP contribution in [-0.2, 0) is 19.6 Å². The molecule has 48 heavy (non-hydrogen) atoms. The number of aliphatic hydroxyl groups excluding tert-OH is 1. The number of amides is 1. The Kier molecular flexibility index (Phi) is 9.34. The number of hydrogen-bond donors (Lipinski definition) is 2. The van der Waals surface area contributed by atoms with E-state index in [0.717, 1.165) is 28.3 Å². The summed E-state index contributed by atoms with van der Waals surface area (Å²) < 4.78 is 21.7. The standard InChI is InChI=1S/C34H37N9O5/c1-21-15-27(43(40-21)13-6-14-44)31-38-39-32(42(31)20-23-7-10-25(46-3)11-8-23)30-28-18-35-22(2)19-41(28)33(37-30)34(45)36-17-24-9-12-26(47-4)16-29(24)48-5/h7-12,15-16,18-19,44H,6,13-14,17,20H2,1-5H3,(H,36,45). The minimum Gasteiger partial charge on any atom is -0.497 e. The second kappa shape index (κ2) is 13.9. The number of carbonyl (C=O) groups is 1. The van der Waals surface area contributed by atoms with Crippen molar-refractivity contribution in [2.45, 2.75) is 39.9 Å². The Balaban J connectivity index is 1.44. The largest absolute Gasteiger partial charge is 0.497 e. The molecule has 0 bridgehead atoms. The number of nitrogens with one attached hydrogen (secondary N) is 1. The fourth-order valence-corrected chi connectivity index (χ4v) is 5.51. The van der Waals surface area contributed by atoms with Crippen LogP contribution in [0, 0.1) is 13.8 Å². The van der Waals surface area contributed by atoms with Gasteiger partial charge in [0.05, 0.1) is 51.0 Å². The van der Waals surface area contributed by atoms with E-state index in [0.29, 0.717) is 59.6 Å². The van der Waals surface area contributed by atoms with E-state index in [1.165, 1.54) is 0 Å². The third kappa shape index (κ3) is 6.42. The monoisotopic (exact) mass is 651 g/mol. The fourth-order valence-electron chi connectivity index (χ4n) is 5.51. The number of nitrogens with zero attached hydrogens (tertiary/aromatic N) is 8. The lowest BCUT2D eigenvalue weighted by molar-refractivity contribution is 0.0939. The van der Waals surface area contributed by atoms with Gasteiger partial charge >= 0.3 is 0 Å². The van der Waals surface area contributed by atoms with E-state index < -0.39 is 0 Å². The number of methoxy groups -OCH3 is 3. The summed E-state index contributed by atoms with van der Waals surface area (Å²) in [6, 6.07) is 15.1. The first-order valence-electron chi connectivity index (χ1n) is 15.4. The van der Waals surface area contributed by atoms with Crippen LogP contribution in [0.1, 0.15) is 39.6 Å². The number of aryl methyl sites for hydroxylation is 3. The molecule has 2 aromatic carbocycles. The predicted molar refractivity (Wildman–Crippen MR) is 177 cm³/mol. The molecular weight excluding hydrogens is 614 g/mol. The number of imidazole rings is 1. The number of carbonyl (C=O) groups excluding carboxylic acids is 1. The zero-order valence-electron chi connectivity index (χ0n) is 27.5. The molecule has 14 heteroatoms. The van der Waals surface area contributed by atoms with Crippen molar-refractivity contribution in [1.82, 2.24) is 44.2 Å². The Labute approximate surface area is 277 Å². The molecule has 248 valence electrons. The molecule has 6 rings (SSSR count). The summed E-state index contributed by atoms with van der Waals surface area (Å²) in [5, 5.41) is 26.4. The molecule has 2 N–H and O–H groups in total. The molecule has 0 spiro atoms. The molecule has 0 saturated heterocycles. The fraction of sp³-hybridized carbons (Fsp3) is 0.294. The number of aromatic nitrogens is 8. The summed E-state index contributed by atoms with van der Waals surface area (Å²) in [5.74, 6) is 2.78. The minimum atomic E-state index is -0.390. The molecule has 0 aliphatic heterocycles. The van der Waals surface area contributed by atoms with Crippen LogP contribution in [0.3, 0.4) is 0 Å². The van der Waals surface area contributed by atoms with Crippen LogP contribution >= 0.6 is 0 Å². The van der Waals surface area contributed by atoms with Crippen LogP contribution in [0.2, 0.25) is 0 Å². The van der Waals surface area contributed by atoms with Crippen molar-refractivity contribution in [3.05, 3.63) is 89.3 Å². The van der Waals surface area contributed by atoms with Gasteiger partial charge in [0, 0.05) is 37.5 Å². The first kappa shape index (κ1) is 32.2. The van der Waals surface area contributed by atoms with Crippen molar-refractivity contribution in [2.24, 2.45) is 0 Å². The number of hydrogen-bond acceptors (Lipinski definition) is 10. The average molecular weight is 652 g/mol. The molecule has 0 aliphatic carbocycles. The number of benzene rings is 2. The summed E-state index contributed by atoms with van der Waals surface area (Å²) in [7, 11) is 4.78. The van der Waals surface area contributed by atoms with E-state index in [1.807, 2.05) is 65.6 Å². The molecule has 0 atom stereocenters.